The number of halogens is 2. The molecule has 0 fully saturated rings. The van der Waals surface area contributed by atoms with Crippen molar-refractivity contribution >= 4 is 27.3 Å². The highest BCUT2D eigenvalue weighted by Crippen LogP contribution is 2.25. The predicted octanol–water partition coefficient (Wildman–Crippen LogP) is 0.918. The molecule has 21 heavy (non-hydrogen) atoms. The molecule has 6 nitrogen and oxygen atoms in total. The topological polar surface area (TPSA) is 84.7 Å². The lowest BCUT2D eigenvalue weighted by Gasteiger charge is -2.11. The van der Waals surface area contributed by atoms with Gasteiger partial charge in [0.05, 0.1) is 18.2 Å². The maximum atomic E-state index is 13.8. The monoisotopic (exact) mass is 339 g/mol. The average molecular weight is 340 g/mol. The van der Waals surface area contributed by atoms with Crippen molar-refractivity contribution in [1.29, 1.82) is 0 Å². The molecule has 0 aliphatic carbocycles. The number of nitrogens with one attached hydrogen (secondary N) is 1. The summed E-state index contributed by atoms with van der Waals surface area (Å²) in [5.41, 5.74) is 5.55. The van der Waals surface area contributed by atoms with Crippen molar-refractivity contribution in [2.45, 2.75) is 4.90 Å². The molecule has 3 N–H and O–H groups in total. The molecule has 0 aromatic heterocycles. The Bertz CT molecular complexity index is 581. The van der Waals surface area contributed by atoms with E-state index in [2.05, 4.69) is 4.72 Å². The van der Waals surface area contributed by atoms with Crippen LogP contribution in [0.25, 0.3) is 0 Å². The SMILES string of the molecule is CN(C)CCOCCNS(=O)(=O)c1cc(N)cc(Cl)c1F. The third-order valence-electron chi connectivity index (χ3n) is 2.53. The van der Waals surface area contributed by atoms with E-state index in [4.69, 9.17) is 22.1 Å². The lowest BCUT2D eigenvalue weighted by molar-refractivity contribution is 0.122. The maximum Gasteiger partial charge on any atom is 0.243 e. The van der Waals surface area contributed by atoms with Gasteiger partial charge in [0.1, 0.15) is 4.90 Å². The zero-order valence-electron chi connectivity index (χ0n) is 11.9. The van der Waals surface area contributed by atoms with Gasteiger partial charge in [0.15, 0.2) is 5.82 Å². The molecule has 0 radical (unpaired) electrons. The number of ether oxygens (including phenoxy) is 1. The molecule has 0 unspecified atom stereocenters. The molecule has 0 atom stereocenters. The minimum Gasteiger partial charge on any atom is -0.399 e. The van der Waals surface area contributed by atoms with E-state index in [0.717, 1.165) is 18.7 Å². The lowest BCUT2D eigenvalue weighted by atomic mass is 10.3. The summed E-state index contributed by atoms with van der Waals surface area (Å²) in [4.78, 5) is 1.37. The number of anilines is 1. The molecule has 1 aromatic carbocycles. The molecule has 0 spiro atoms. The zero-order chi connectivity index (χ0) is 16.0. The van der Waals surface area contributed by atoms with E-state index < -0.39 is 20.7 Å². The number of hydrogen-bond acceptors (Lipinski definition) is 5. The Balaban J connectivity index is 2.59. The summed E-state index contributed by atoms with van der Waals surface area (Å²) in [7, 11) is -0.217. The fourth-order valence-electron chi connectivity index (χ4n) is 1.45. The van der Waals surface area contributed by atoms with Gasteiger partial charge in [0.25, 0.3) is 0 Å². The van der Waals surface area contributed by atoms with E-state index >= 15 is 0 Å². The molecule has 9 heteroatoms. The average Bonchev–Trinajstić information content (AvgIpc) is 2.37. The van der Waals surface area contributed by atoms with Crippen LogP contribution in [0.1, 0.15) is 0 Å². The Hall–Kier alpha value is -0.930. The maximum absolute atomic E-state index is 13.8. The fourth-order valence-corrected chi connectivity index (χ4v) is 2.88. The van der Waals surface area contributed by atoms with Gasteiger partial charge in [-0.25, -0.2) is 17.5 Å². The van der Waals surface area contributed by atoms with Gasteiger partial charge in [-0.2, -0.15) is 0 Å². The van der Waals surface area contributed by atoms with Crippen LogP contribution in [0.3, 0.4) is 0 Å². The van der Waals surface area contributed by atoms with Crippen molar-refractivity contribution in [2.24, 2.45) is 0 Å². The van der Waals surface area contributed by atoms with Crippen molar-refractivity contribution in [1.82, 2.24) is 9.62 Å². The second kappa shape index (κ2) is 7.90. The summed E-state index contributed by atoms with van der Waals surface area (Å²) >= 11 is 5.58. The number of hydrogen-bond donors (Lipinski definition) is 2. The van der Waals surface area contributed by atoms with Crippen LogP contribution in [0.2, 0.25) is 5.02 Å². The summed E-state index contributed by atoms with van der Waals surface area (Å²) < 4.78 is 45.2. The Kier molecular flexibility index (Phi) is 6.82. The van der Waals surface area contributed by atoms with Crippen LogP contribution in [0.5, 0.6) is 0 Å². The minimum atomic E-state index is -4.02. The van der Waals surface area contributed by atoms with Crippen molar-refractivity contribution in [3.05, 3.63) is 23.0 Å². The second-order valence-electron chi connectivity index (χ2n) is 4.63. The van der Waals surface area contributed by atoms with Crippen molar-refractivity contribution in [3.63, 3.8) is 0 Å². The molecule has 0 saturated carbocycles. The zero-order valence-corrected chi connectivity index (χ0v) is 13.5. The molecular weight excluding hydrogens is 321 g/mol. The van der Waals surface area contributed by atoms with Crippen LogP contribution in [-0.2, 0) is 14.8 Å². The summed E-state index contributed by atoms with van der Waals surface area (Å²) in [5.74, 6) is -1.02. The Morgan fingerprint density at radius 1 is 1.38 bits per heavy atom. The lowest BCUT2D eigenvalue weighted by Crippen LogP contribution is -2.29. The van der Waals surface area contributed by atoms with E-state index in [0.29, 0.717) is 6.61 Å². The smallest absolute Gasteiger partial charge is 0.243 e. The third kappa shape index (κ3) is 5.76. The highest BCUT2D eigenvalue weighted by Gasteiger charge is 2.21. The van der Waals surface area contributed by atoms with E-state index in [-0.39, 0.29) is 23.9 Å². The number of sulfonamides is 1. The first-order valence-electron chi connectivity index (χ1n) is 6.20. The summed E-state index contributed by atoms with van der Waals surface area (Å²) in [6.07, 6.45) is 0. The number of rotatable bonds is 8. The van der Waals surface area contributed by atoms with Crippen LogP contribution in [0, 0.1) is 5.82 Å². The summed E-state index contributed by atoms with van der Waals surface area (Å²) in [5, 5.41) is -0.336. The van der Waals surface area contributed by atoms with Gasteiger partial charge in [0, 0.05) is 18.8 Å². The van der Waals surface area contributed by atoms with Gasteiger partial charge in [-0.1, -0.05) is 11.6 Å². The second-order valence-corrected chi connectivity index (χ2v) is 6.77. The van der Waals surface area contributed by atoms with E-state index in [9.17, 15) is 12.8 Å². The van der Waals surface area contributed by atoms with Crippen LogP contribution in [-0.4, -0.2) is 53.7 Å². The third-order valence-corrected chi connectivity index (χ3v) is 4.26. The quantitative estimate of drug-likeness (QED) is 0.543. The molecular formula is C12H19ClFN3O3S. The number of nitrogens with zero attached hydrogens (tertiary/aromatic N) is 1. The number of benzene rings is 1. The van der Waals surface area contributed by atoms with E-state index in [1.54, 1.807) is 0 Å². The first-order valence-corrected chi connectivity index (χ1v) is 8.07. The molecule has 0 aliphatic heterocycles. The fraction of sp³-hybridized carbons (Fsp3) is 0.500. The van der Waals surface area contributed by atoms with Crippen molar-refractivity contribution in [3.8, 4) is 0 Å². The molecule has 120 valence electrons. The van der Waals surface area contributed by atoms with Crippen LogP contribution >= 0.6 is 11.6 Å². The molecule has 0 bridgehead atoms. The van der Waals surface area contributed by atoms with Crippen LogP contribution < -0.4 is 10.5 Å². The van der Waals surface area contributed by atoms with Crippen LogP contribution in [0.15, 0.2) is 17.0 Å². The highest BCUT2D eigenvalue weighted by molar-refractivity contribution is 7.89. The van der Waals surface area contributed by atoms with Gasteiger partial charge in [-0.3, -0.25) is 0 Å². The predicted molar refractivity (Wildman–Crippen MR) is 80.4 cm³/mol. The Morgan fingerprint density at radius 3 is 2.67 bits per heavy atom. The molecule has 0 amide bonds. The van der Waals surface area contributed by atoms with Gasteiger partial charge in [0.2, 0.25) is 10.0 Å². The normalized spacial score (nSPS) is 12.0. The molecule has 0 saturated heterocycles. The molecule has 0 heterocycles. The van der Waals surface area contributed by atoms with E-state index in [1.165, 1.54) is 0 Å². The first kappa shape index (κ1) is 18.1. The van der Waals surface area contributed by atoms with Crippen LogP contribution in [0.4, 0.5) is 10.1 Å². The number of likely N-dealkylation sites (N-methyl/N-ethyl adjacent to an activating group) is 1. The standard InChI is InChI=1S/C12H19ClFN3O3S/c1-17(2)4-6-20-5-3-16-21(18,19)11-8-9(15)7-10(13)12(11)14/h7-8,16H,3-6,15H2,1-2H3. The minimum absolute atomic E-state index is 0.0294. The van der Waals surface area contributed by atoms with Gasteiger partial charge in [-0.05, 0) is 26.2 Å². The molecule has 1 rings (SSSR count). The van der Waals surface area contributed by atoms with Gasteiger partial charge in [-0.15, -0.1) is 0 Å². The summed E-state index contributed by atoms with van der Waals surface area (Å²) in [6, 6.07) is 2.18. The first-order chi connectivity index (χ1) is 9.74. The van der Waals surface area contributed by atoms with E-state index in [1.807, 2.05) is 19.0 Å². The molecule has 1 aromatic rings. The highest BCUT2D eigenvalue weighted by atomic mass is 35.5. The van der Waals surface area contributed by atoms with Gasteiger partial charge < -0.3 is 15.4 Å². The van der Waals surface area contributed by atoms with Gasteiger partial charge >= 0.3 is 0 Å². The van der Waals surface area contributed by atoms with Crippen molar-refractivity contribution < 1.29 is 17.5 Å². The van der Waals surface area contributed by atoms with Crippen molar-refractivity contribution in [2.75, 3.05) is 46.1 Å². The molecule has 0 aliphatic rings. The number of nitrogen functional groups attached to an aromatic ring is 1. The Labute approximate surface area is 129 Å². The largest absolute Gasteiger partial charge is 0.399 e. The summed E-state index contributed by atoms with van der Waals surface area (Å²) in [6.45, 7) is 1.42. The Morgan fingerprint density at radius 2 is 2.05 bits per heavy atom. The number of nitrogens with two attached hydrogens (primary N) is 1.